The number of hydrogen-bond acceptors (Lipinski definition) is 3. The number of halogens is 1. The maximum Gasteiger partial charge on any atom is 0.227 e. The van der Waals surface area contributed by atoms with E-state index < -0.39 is 0 Å². The summed E-state index contributed by atoms with van der Waals surface area (Å²) in [6, 6.07) is 0. The van der Waals surface area contributed by atoms with Crippen LogP contribution in [0.1, 0.15) is 24.6 Å². The fraction of sp³-hybridized carbons (Fsp3) is 0.692. The molecule has 1 aliphatic heterocycles. The third-order valence-electron chi connectivity index (χ3n) is 3.86. The van der Waals surface area contributed by atoms with Gasteiger partial charge in [0, 0.05) is 31.6 Å². The molecule has 19 heavy (non-hydrogen) atoms. The van der Waals surface area contributed by atoms with Crippen molar-refractivity contribution in [2.75, 3.05) is 13.1 Å². The molecular formula is C13H20ClN3O2. The van der Waals surface area contributed by atoms with Crippen LogP contribution in [0.15, 0.2) is 0 Å². The van der Waals surface area contributed by atoms with Crippen LogP contribution in [0.5, 0.6) is 0 Å². The zero-order chi connectivity index (χ0) is 14.2. The van der Waals surface area contributed by atoms with Crippen LogP contribution in [0.2, 0.25) is 5.15 Å². The van der Waals surface area contributed by atoms with E-state index in [-0.39, 0.29) is 24.3 Å². The molecule has 1 aromatic heterocycles. The third kappa shape index (κ3) is 2.92. The molecule has 1 aliphatic rings. The average molecular weight is 286 g/mol. The fourth-order valence-corrected chi connectivity index (χ4v) is 2.79. The van der Waals surface area contributed by atoms with Gasteiger partial charge in [0.1, 0.15) is 5.15 Å². The summed E-state index contributed by atoms with van der Waals surface area (Å²) in [4.78, 5) is 14.1. The van der Waals surface area contributed by atoms with Gasteiger partial charge in [0.2, 0.25) is 5.91 Å². The lowest BCUT2D eigenvalue weighted by molar-refractivity contribution is -0.129. The molecule has 0 aromatic carbocycles. The van der Waals surface area contributed by atoms with E-state index in [1.54, 1.807) is 23.6 Å². The van der Waals surface area contributed by atoms with Crippen LogP contribution < -0.4 is 0 Å². The normalized spacial score (nSPS) is 20.9. The molecule has 1 saturated heterocycles. The summed E-state index contributed by atoms with van der Waals surface area (Å²) < 4.78 is 1.59. The van der Waals surface area contributed by atoms with Gasteiger partial charge in [-0.25, -0.2) is 0 Å². The second-order valence-electron chi connectivity index (χ2n) is 5.28. The Morgan fingerprint density at radius 3 is 2.79 bits per heavy atom. The molecule has 2 unspecified atom stereocenters. The Hall–Kier alpha value is -1.07. The summed E-state index contributed by atoms with van der Waals surface area (Å²) in [5.41, 5.74) is 1.60. The topological polar surface area (TPSA) is 58.4 Å². The summed E-state index contributed by atoms with van der Waals surface area (Å²) >= 11 is 6.13. The van der Waals surface area contributed by atoms with Gasteiger partial charge in [-0.15, -0.1) is 0 Å². The van der Waals surface area contributed by atoms with E-state index in [0.717, 1.165) is 17.7 Å². The molecular weight excluding hydrogens is 266 g/mol. The third-order valence-corrected chi connectivity index (χ3v) is 4.33. The first-order valence-corrected chi connectivity index (χ1v) is 6.91. The van der Waals surface area contributed by atoms with Gasteiger partial charge >= 0.3 is 0 Å². The Labute approximate surface area is 118 Å². The van der Waals surface area contributed by atoms with Crippen molar-refractivity contribution in [3.05, 3.63) is 16.4 Å². The first kappa shape index (κ1) is 14.3. The number of nitrogens with zero attached hydrogens (tertiary/aromatic N) is 3. The molecule has 106 valence electrons. The summed E-state index contributed by atoms with van der Waals surface area (Å²) in [7, 11) is 1.77. The number of rotatable bonds is 3. The highest BCUT2D eigenvalue weighted by atomic mass is 35.5. The van der Waals surface area contributed by atoms with Crippen LogP contribution in [0.3, 0.4) is 0 Å². The Bertz CT molecular complexity index is 484. The molecule has 1 N–H and O–H groups in total. The highest BCUT2D eigenvalue weighted by Gasteiger charge is 2.29. The highest BCUT2D eigenvalue weighted by molar-refractivity contribution is 6.30. The summed E-state index contributed by atoms with van der Waals surface area (Å²) in [5, 5.41) is 14.3. The lowest BCUT2D eigenvalue weighted by atomic mass is 10.0. The van der Waals surface area contributed by atoms with E-state index in [1.807, 2.05) is 6.92 Å². The lowest BCUT2D eigenvalue weighted by Gasteiger charge is -2.17. The molecule has 5 nitrogen and oxygen atoms in total. The second-order valence-corrected chi connectivity index (χ2v) is 5.64. The van der Waals surface area contributed by atoms with E-state index in [9.17, 15) is 9.90 Å². The molecule has 1 fully saturated rings. The van der Waals surface area contributed by atoms with E-state index >= 15 is 0 Å². The number of aliphatic hydroxyl groups excluding tert-OH is 1. The molecule has 0 bridgehead atoms. The van der Waals surface area contributed by atoms with E-state index in [0.29, 0.717) is 18.2 Å². The molecule has 0 spiro atoms. The van der Waals surface area contributed by atoms with E-state index in [2.05, 4.69) is 5.10 Å². The van der Waals surface area contributed by atoms with Crippen molar-refractivity contribution in [3.8, 4) is 0 Å². The zero-order valence-corrected chi connectivity index (χ0v) is 12.3. The number of likely N-dealkylation sites (tertiary alicyclic amines) is 1. The SMILES string of the molecule is Cc1nn(C)c(Cl)c1CC(=O)N1CCC(C(C)O)C1. The van der Waals surface area contributed by atoms with Crippen LogP contribution in [0.4, 0.5) is 0 Å². The van der Waals surface area contributed by atoms with Crippen molar-refractivity contribution in [3.63, 3.8) is 0 Å². The average Bonchev–Trinajstić information content (AvgIpc) is 2.91. The Kier molecular flexibility index (Phi) is 4.16. The molecule has 0 saturated carbocycles. The summed E-state index contributed by atoms with van der Waals surface area (Å²) in [5.74, 6) is 0.246. The minimum atomic E-state index is -0.360. The van der Waals surface area contributed by atoms with Gasteiger partial charge in [0.25, 0.3) is 0 Å². The Morgan fingerprint density at radius 1 is 1.63 bits per heavy atom. The highest BCUT2D eigenvalue weighted by Crippen LogP contribution is 2.23. The van der Waals surface area contributed by atoms with Crippen molar-refractivity contribution >= 4 is 17.5 Å². The molecule has 2 atom stereocenters. The van der Waals surface area contributed by atoms with E-state index in [1.165, 1.54) is 0 Å². The summed E-state index contributed by atoms with van der Waals surface area (Å²) in [6.07, 6.45) is 0.787. The predicted molar refractivity (Wildman–Crippen MR) is 73.0 cm³/mol. The molecule has 0 aliphatic carbocycles. The van der Waals surface area contributed by atoms with Gasteiger partial charge in [0.05, 0.1) is 18.2 Å². The van der Waals surface area contributed by atoms with Gasteiger partial charge in [-0.05, 0) is 20.3 Å². The van der Waals surface area contributed by atoms with Crippen molar-refractivity contribution in [1.82, 2.24) is 14.7 Å². The lowest BCUT2D eigenvalue weighted by Crippen LogP contribution is -2.31. The second kappa shape index (κ2) is 5.51. The van der Waals surface area contributed by atoms with Crippen LogP contribution in [-0.2, 0) is 18.3 Å². The van der Waals surface area contributed by atoms with Gasteiger partial charge in [-0.2, -0.15) is 5.10 Å². The molecule has 2 rings (SSSR count). The van der Waals surface area contributed by atoms with Gasteiger partial charge in [0.15, 0.2) is 0 Å². The zero-order valence-electron chi connectivity index (χ0n) is 11.6. The van der Waals surface area contributed by atoms with Gasteiger partial charge < -0.3 is 10.0 Å². The first-order chi connectivity index (χ1) is 8.90. The number of hydrogen-bond donors (Lipinski definition) is 1. The molecule has 1 amide bonds. The maximum atomic E-state index is 12.2. The molecule has 0 radical (unpaired) electrons. The molecule has 6 heteroatoms. The van der Waals surface area contributed by atoms with Crippen LogP contribution in [-0.4, -0.2) is 44.9 Å². The van der Waals surface area contributed by atoms with Crippen LogP contribution >= 0.6 is 11.6 Å². The number of aryl methyl sites for hydroxylation is 2. The number of aromatic nitrogens is 2. The predicted octanol–water partition coefficient (Wildman–Crippen LogP) is 1.15. The van der Waals surface area contributed by atoms with Gasteiger partial charge in [-0.3, -0.25) is 9.48 Å². The Balaban J connectivity index is 2.02. The largest absolute Gasteiger partial charge is 0.393 e. The first-order valence-electron chi connectivity index (χ1n) is 6.54. The standard InChI is InChI=1S/C13H20ClN3O2/c1-8-11(13(14)16(3)15-8)6-12(19)17-5-4-10(7-17)9(2)18/h9-10,18H,4-7H2,1-3H3. The van der Waals surface area contributed by atoms with Crippen LogP contribution in [0.25, 0.3) is 0 Å². The van der Waals surface area contributed by atoms with Gasteiger partial charge in [-0.1, -0.05) is 11.6 Å². The van der Waals surface area contributed by atoms with Crippen molar-refractivity contribution in [2.45, 2.75) is 32.8 Å². The van der Waals surface area contributed by atoms with Crippen LogP contribution in [0, 0.1) is 12.8 Å². The van der Waals surface area contributed by atoms with Crippen molar-refractivity contribution in [1.29, 1.82) is 0 Å². The maximum absolute atomic E-state index is 12.2. The fourth-order valence-electron chi connectivity index (χ4n) is 2.55. The van der Waals surface area contributed by atoms with Crippen molar-refractivity contribution in [2.24, 2.45) is 13.0 Å². The number of carbonyl (C=O) groups excluding carboxylic acids is 1. The smallest absolute Gasteiger partial charge is 0.227 e. The molecule has 1 aromatic rings. The monoisotopic (exact) mass is 285 g/mol. The quantitative estimate of drug-likeness (QED) is 0.906. The minimum Gasteiger partial charge on any atom is -0.393 e. The van der Waals surface area contributed by atoms with Crippen molar-refractivity contribution < 1.29 is 9.90 Å². The Morgan fingerprint density at radius 2 is 2.32 bits per heavy atom. The molecule has 2 heterocycles. The number of aliphatic hydroxyl groups is 1. The summed E-state index contributed by atoms with van der Waals surface area (Å²) in [6.45, 7) is 4.98. The minimum absolute atomic E-state index is 0.0566. The van der Waals surface area contributed by atoms with E-state index in [4.69, 9.17) is 11.6 Å². The number of carbonyl (C=O) groups is 1. The number of amides is 1.